The summed E-state index contributed by atoms with van der Waals surface area (Å²) in [7, 11) is 0. The summed E-state index contributed by atoms with van der Waals surface area (Å²) >= 11 is 0. The molecule has 1 aromatic heterocycles. The average Bonchev–Trinajstić information content (AvgIpc) is 3.33. The molecule has 0 bridgehead atoms. The molecule has 3 heteroatoms. The molecule has 0 unspecified atom stereocenters. The first-order valence-corrected chi connectivity index (χ1v) is 20.3. The van der Waals surface area contributed by atoms with E-state index in [0.717, 1.165) is 49.4 Å². The van der Waals surface area contributed by atoms with Crippen molar-refractivity contribution in [1.82, 2.24) is 15.0 Å². The Hall–Kier alpha value is -8.01. The lowest BCUT2D eigenvalue weighted by Gasteiger charge is -2.12. The predicted octanol–water partition coefficient (Wildman–Crippen LogP) is 15.0. The van der Waals surface area contributed by atoms with Gasteiger partial charge in [-0.1, -0.05) is 194 Å². The molecule has 0 N–H and O–H groups in total. The van der Waals surface area contributed by atoms with Crippen molar-refractivity contribution in [3.05, 3.63) is 224 Å². The lowest BCUT2D eigenvalue weighted by Crippen LogP contribution is -2.00. The third-order valence-electron chi connectivity index (χ3n) is 11.5. The zero-order valence-electron chi connectivity index (χ0n) is 32.7. The van der Waals surface area contributed by atoms with Gasteiger partial charge >= 0.3 is 0 Å². The Kier molecular flexibility index (Phi) is 8.83. The highest BCUT2D eigenvalue weighted by atomic mass is 15.0. The fraction of sp³-hybridized carbons (Fsp3) is 0. The lowest BCUT2D eigenvalue weighted by atomic mass is 9.96. The van der Waals surface area contributed by atoms with Crippen LogP contribution in [0.2, 0.25) is 0 Å². The molecular weight excluding hydrogens is 727 g/mol. The van der Waals surface area contributed by atoms with E-state index in [-0.39, 0.29) is 0 Å². The van der Waals surface area contributed by atoms with Crippen molar-refractivity contribution in [2.45, 2.75) is 0 Å². The third kappa shape index (κ3) is 6.78. The monoisotopic (exact) mass is 763 g/mol. The van der Waals surface area contributed by atoms with Crippen LogP contribution < -0.4 is 0 Å². The molecule has 0 amide bonds. The van der Waals surface area contributed by atoms with Crippen LogP contribution in [0.3, 0.4) is 0 Å². The Morgan fingerprint density at radius 1 is 0.200 bits per heavy atom. The molecule has 0 spiro atoms. The number of hydrogen-bond donors (Lipinski definition) is 0. The molecule has 0 aliphatic rings. The molecule has 3 nitrogen and oxygen atoms in total. The molecule has 0 aliphatic heterocycles. The van der Waals surface area contributed by atoms with Crippen LogP contribution in [0, 0.1) is 0 Å². The second kappa shape index (κ2) is 15.1. The van der Waals surface area contributed by atoms with Gasteiger partial charge in [0.25, 0.3) is 0 Å². The van der Waals surface area contributed by atoms with Crippen LogP contribution in [0.15, 0.2) is 224 Å². The van der Waals surface area contributed by atoms with Gasteiger partial charge in [-0.05, 0) is 107 Å². The van der Waals surface area contributed by atoms with E-state index in [2.05, 4.69) is 224 Å². The molecule has 1 heterocycles. The minimum atomic E-state index is 0.628. The number of fused-ring (bicyclic) bond motifs is 3. The summed E-state index contributed by atoms with van der Waals surface area (Å²) in [5.74, 6) is 1.89. The molecule has 60 heavy (non-hydrogen) atoms. The number of nitrogens with zero attached hydrogens (tertiary/aromatic N) is 3. The van der Waals surface area contributed by atoms with Crippen molar-refractivity contribution < 1.29 is 0 Å². The third-order valence-corrected chi connectivity index (χ3v) is 11.5. The molecule has 10 aromatic carbocycles. The van der Waals surface area contributed by atoms with Crippen LogP contribution in [0.1, 0.15) is 0 Å². The first-order chi connectivity index (χ1) is 29.7. The lowest BCUT2D eigenvalue weighted by molar-refractivity contribution is 1.08. The molecule has 11 rings (SSSR count). The topological polar surface area (TPSA) is 38.7 Å². The summed E-state index contributed by atoms with van der Waals surface area (Å²) < 4.78 is 0. The van der Waals surface area contributed by atoms with Crippen molar-refractivity contribution in [3.8, 4) is 78.7 Å². The molecule has 0 saturated heterocycles. The van der Waals surface area contributed by atoms with Gasteiger partial charge in [0.1, 0.15) is 0 Å². The van der Waals surface area contributed by atoms with Gasteiger partial charge in [0.15, 0.2) is 17.5 Å². The van der Waals surface area contributed by atoms with E-state index in [0.29, 0.717) is 17.5 Å². The van der Waals surface area contributed by atoms with Gasteiger partial charge in [-0.2, -0.15) is 0 Å². The van der Waals surface area contributed by atoms with E-state index < -0.39 is 0 Å². The van der Waals surface area contributed by atoms with Crippen molar-refractivity contribution in [3.63, 3.8) is 0 Å². The molecule has 0 aliphatic carbocycles. The van der Waals surface area contributed by atoms with E-state index in [1.807, 2.05) is 0 Å². The quantitative estimate of drug-likeness (QED) is 0.162. The van der Waals surface area contributed by atoms with Crippen molar-refractivity contribution >= 4 is 32.3 Å². The number of rotatable bonds is 7. The van der Waals surface area contributed by atoms with Gasteiger partial charge in [0.2, 0.25) is 0 Å². The molecule has 0 radical (unpaired) electrons. The van der Waals surface area contributed by atoms with Crippen LogP contribution >= 0.6 is 0 Å². The molecule has 0 atom stereocenters. The maximum atomic E-state index is 5.17. The molecule has 11 aromatic rings. The van der Waals surface area contributed by atoms with E-state index in [1.165, 1.54) is 44.2 Å². The Bertz CT molecular complexity index is 3210. The van der Waals surface area contributed by atoms with Crippen LogP contribution in [0.25, 0.3) is 111 Å². The zero-order chi connectivity index (χ0) is 39.8. The second-order valence-electron chi connectivity index (χ2n) is 15.3. The van der Waals surface area contributed by atoms with Crippen LogP contribution in [0.4, 0.5) is 0 Å². The largest absolute Gasteiger partial charge is 0.208 e. The second-order valence-corrected chi connectivity index (χ2v) is 15.3. The normalized spacial score (nSPS) is 11.3. The van der Waals surface area contributed by atoms with Gasteiger partial charge in [0, 0.05) is 16.7 Å². The van der Waals surface area contributed by atoms with E-state index in [1.54, 1.807) is 0 Å². The fourth-order valence-corrected chi connectivity index (χ4v) is 8.31. The number of benzene rings is 10. The maximum Gasteiger partial charge on any atom is 0.164 e. The van der Waals surface area contributed by atoms with Gasteiger partial charge in [0.05, 0.1) is 0 Å². The molecule has 0 saturated carbocycles. The highest BCUT2D eigenvalue weighted by Crippen LogP contribution is 2.34. The Morgan fingerprint density at radius 2 is 0.550 bits per heavy atom. The van der Waals surface area contributed by atoms with Crippen LogP contribution in [0.5, 0.6) is 0 Å². The van der Waals surface area contributed by atoms with Crippen molar-refractivity contribution in [2.75, 3.05) is 0 Å². The summed E-state index contributed by atoms with van der Waals surface area (Å²) in [4.78, 5) is 15.5. The summed E-state index contributed by atoms with van der Waals surface area (Å²) in [6.45, 7) is 0. The van der Waals surface area contributed by atoms with Crippen LogP contribution in [-0.2, 0) is 0 Å². The summed E-state index contributed by atoms with van der Waals surface area (Å²) in [6.07, 6.45) is 0. The first kappa shape index (κ1) is 35.2. The highest BCUT2D eigenvalue weighted by molar-refractivity contribution is 5.97. The Morgan fingerprint density at radius 3 is 1.12 bits per heavy atom. The van der Waals surface area contributed by atoms with Crippen LogP contribution in [-0.4, -0.2) is 15.0 Å². The number of hydrogen-bond acceptors (Lipinski definition) is 3. The van der Waals surface area contributed by atoms with E-state index in [9.17, 15) is 0 Å². The summed E-state index contributed by atoms with van der Waals surface area (Å²) in [6, 6.07) is 79.6. The molecular formula is C57H37N3. The van der Waals surface area contributed by atoms with Gasteiger partial charge in [-0.3, -0.25) is 0 Å². The number of aromatic nitrogens is 3. The zero-order valence-corrected chi connectivity index (χ0v) is 32.7. The fourth-order valence-electron chi connectivity index (χ4n) is 8.31. The van der Waals surface area contributed by atoms with Crippen molar-refractivity contribution in [2.24, 2.45) is 0 Å². The maximum absolute atomic E-state index is 5.17. The van der Waals surface area contributed by atoms with Gasteiger partial charge in [-0.25, -0.2) is 15.0 Å². The SMILES string of the molecule is c1ccc(-c2ccc3cc(-c4nc(-c5cccc(-c6ccc(-c7cccc8ccccc78)cc6)c5)nc(-c5ccc6cc(-c7ccccc7)ccc6c5)n4)ccc3c2)cc1. The summed E-state index contributed by atoms with van der Waals surface area (Å²) in [5, 5.41) is 7.08. The van der Waals surface area contributed by atoms with Gasteiger partial charge < -0.3 is 0 Å². The highest BCUT2D eigenvalue weighted by Gasteiger charge is 2.15. The summed E-state index contributed by atoms with van der Waals surface area (Å²) in [5.41, 5.74) is 12.2. The Balaban J connectivity index is 0.991. The van der Waals surface area contributed by atoms with E-state index in [4.69, 9.17) is 15.0 Å². The van der Waals surface area contributed by atoms with Gasteiger partial charge in [-0.15, -0.1) is 0 Å². The standard InChI is InChI=1S/C57H37N3/c1-3-11-38(12-4-1)44-25-27-48-36-51(31-29-46(48)33-44)56-58-55(59-57(60-56)52-32-30-47-34-45(26-28-49(47)37-52)39-13-5-2-6-14-39)50-18-9-17-43(35-50)40-21-23-42(24-22-40)54-20-10-16-41-15-7-8-19-53(41)54/h1-37H. The molecule has 0 fully saturated rings. The Labute approximate surface area is 349 Å². The smallest absolute Gasteiger partial charge is 0.164 e. The molecule has 280 valence electrons. The van der Waals surface area contributed by atoms with E-state index >= 15 is 0 Å². The predicted molar refractivity (Wildman–Crippen MR) is 250 cm³/mol. The first-order valence-electron chi connectivity index (χ1n) is 20.3. The minimum absolute atomic E-state index is 0.628. The minimum Gasteiger partial charge on any atom is -0.208 e. The van der Waals surface area contributed by atoms with Crippen molar-refractivity contribution in [1.29, 1.82) is 0 Å². The average molecular weight is 764 g/mol.